The summed E-state index contributed by atoms with van der Waals surface area (Å²) in [5.74, 6) is 0.174. The molecule has 1 amide bonds. The van der Waals surface area contributed by atoms with Crippen molar-refractivity contribution in [2.24, 2.45) is 13.0 Å². The standard InChI is InChI=1S/C10H18N4O/c1-6(2)7(3)12-10(15)9-8(11)5-14(4)13-9/h5-7H,11H2,1-4H3,(H,12,15). The van der Waals surface area contributed by atoms with Crippen LogP contribution in [0.15, 0.2) is 6.20 Å². The third kappa shape index (κ3) is 2.71. The molecule has 0 saturated heterocycles. The summed E-state index contributed by atoms with van der Waals surface area (Å²) in [6, 6.07) is 0.110. The highest BCUT2D eigenvalue weighted by atomic mass is 16.2. The molecule has 1 aromatic rings. The Hall–Kier alpha value is -1.52. The number of nitrogens with zero attached hydrogens (tertiary/aromatic N) is 2. The highest BCUT2D eigenvalue weighted by molar-refractivity contribution is 5.97. The van der Waals surface area contributed by atoms with E-state index in [1.54, 1.807) is 13.2 Å². The predicted octanol–water partition coefficient (Wildman–Crippen LogP) is 0.777. The summed E-state index contributed by atoms with van der Waals surface area (Å²) in [5, 5.41) is 6.86. The second-order valence-corrected chi connectivity index (χ2v) is 4.11. The van der Waals surface area contributed by atoms with Crippen molar-refractivity contribution >= 4 is 11.6 Å². The van der Waals surface area contributed by atoms with Crippen LogP contribution in [0.1, 0.15) is 31.3 Å². The van der Waals surface area contributed by atoms with Crippen molar-refractivity contribution in [3.63, 3.8) is 0 Å². The molecule has 1 unspecified atom stereocenters. The average molecular weight is 210 g/mol. The van der Waals surface area contributed by atoms with E-state index in [0.717, 1.165) is 0 Å². The Morgan fingerprint density at radius 1 is 1.53 bits per heavy atom. The van der Waals surface area contributed by atoms with Gasteiger partial charge in [-0.05, 0) is 12.8 Å². The normalized spacial score (nSPS) is 12.9. The van der Waals surface area contributed by atoms with E-state index in [4.69, 9.17) is 5.73 Å². The van der Waals surface area contributed by atoms with Crippen LogP contribution in [-0.2, 0) is 7.05 Å². The van der Waals surface area contributed by atoms with E-state index < -0.39 is 0 Å². The van der Waals surface area contributed by atoms with E-state index in [9.17, 15) is 4.79 Å². The van der Waals surface area contributed by atoms with Crippen LogP contribution >= 0.6 is 0 Å². The first-order valence-electron chi connectivity index (χ1n) is 5.01. The lowest BCUT2D eigenvalue weighted by atomic mass is 10.1. The molecule has 0 spiro atoms. The second-order valence-electron chi connectivity index (χ2n) is 4.11. The van der Waals surface area contributed by atoms with Crippen molar-refractivity contribution < 1.29 is 4.79 Å². The zero-order chi connectivity index (χ0) is 11.6. The van der Waals surface area contributed by atoms with Crippen LogP contribution in [0.25, 0.3) is 0 Å². The van der Waals surface area contributed by atoms with Gasteiger partial charge in [-0.25, -0.2) is 0 Å². The van der Waals surface area contributed by atoms with E-state index in [-0.39, 0.29) is 11.9 Å². The minimum absolute atomic E-state index is 0.110. The van der Waals surface area contributed by atoms with Crippen LogP contribution in [0.5, 0.6) is 0 Å². The first-order valence-corrected chi connectivity index (χ1v) is 5.01. The number of carbonyl (C=O) groups excluding carboxylic acids is 1. The van der Waals surface area contributed by atoms with Gasteiger partial charge < -0.3 is 11.1 Å². The molecule has 3 N–H and O–H groups in total. The largest absolute Gasteiger partial charge is 0.396 e. The van der Waals surface area contributed by atoms with Crippen LogP contribution < -0.4 is 11.1 Å². The van der Waals surface area contributed by atoms with Crippen molar-refractivity contribution in [2.75, 3.05) is 5.73 Å². The topological polar surface area (TPSA) is 72.9 Å². The number of nitrogens with two attached hydrogens (primary N) is 1. The smallest absolute Gasteiger partial charge is 0.274 e. The van der Waals surface area contributed by atoms with Gasteiger partial charge in [0, 0.05) is 19.3 Å². The van der Waals surface area contributed by atoms with Gasteiger partial charge in [-0.15, -0.1) is 0 Å². The highest BCUT2D eigenvalue weighted by Gasteiger charge is 2.17. The molecule has 1 rings (SSSR count). The van der Waals surface area contributed by atoms with E-state index in [0.29, 0.717) is 17.3 Å². The zero-order valence-corrected chi connectivity index (χ0v) is 9.61. The summed E-state index contributed by atoms with van der Waals surface area (Å²) in [5.41, 5.74) is 6.35. The Balaban J connectivity index is 2.73. The number of hydrogen-bond donors (Lipinski definition) is 2. The number of hydrogen-bond acceptors (Lipinski definition) is 3. The van der Waals surface area contributed by atoms with Gasteiger partial charge in [0.05, 0.1) is 5.69 Å². The van der Waals surface area contributed by atoms with Gasteiger partial charge in [-0.2, -0.15) is 5.10 Å². The van der Waals surface area contributed by atoms with Gasteiger partial charge in [-0.1, -0.05) is 13.8 Å². The van der Waals surface area contributed by atoms with Gasteiger partial charge in [0.2, 0.25) is 0 Å². The number of nitrogen functional groups attached to an aromatic ring is 1. The van der Waals surface area contributed by atoms with Gasteiger partial charge in [-0.3, -0.25) is 9.48 Å². The third-order valence-electron chi connectivity index (χ3n) is 2.43. The number of aromatic nitrogens is 2. The maximum absolute atomic E-state index is 11.7. The fourth-order valence-electron chi connectivity index (χ4n) is 1.13. The fourth-order valence-corrected chi connectivity index (χ4v) is 1.13. The van der Waals surface area contributed by atoms with Crippen molar-refractivity contribution in [3.05, 3.63) is 11.9 Å². The number of anilines is 1. The molecule has 0 aliphatic carbocycles. The molecular weight excluding hydrogens is 192 g/mol. The first kappa shape index (κ1) is 11.6. The highest BCUT2D eigenvalue weighted by Crippen LogP contribution is 2.09. The average Bonchev–Trinajstić information content (AvgIpc) is 2.44. The zero-order valence-electron chi connectivity index (χ0n) is 9.61. The van der Waals surface area contributed by atoms with Crippen LogP contribution in [0.4, 0.5) is 5.69 Å². The van der Waals surface area contributed by atoms with Crippen molar-refractivity contribution in [3.8, 4) is 0 Å². The Morgan fingerprint density at radius 3 is 2.53 bits per heavy atom. The van der Waals surface area contributed by atoms with Gasteiger partial charge in [0.15, 0.2) is 5.69 Å². The molecule has 15 heavy (non-hydrogen) atoms. The maximum atomic E-state index is 11.7. The van der Waals surface area contributed by atoms with Crippen molar-refractivity contribution in [1.82, 2.24) is 15.1 Å². The predicted molar refractivity (Wildman–Crippen MR) is 59.4 cm³/mol. The van der Waals surface area contributed by atoms with Crippen LogP contribution in [0, 0.1) is 5.92 Å². The molecule has 0 aliphatic heterocycles. The molecule has 0 bridgehead atoms. The summed E-state index contributed by atoms with van der Waals surface area (Å²) < 4.78 is 1.53. The van der Waals surface area contributed by atoms with E-state index >= 15 is 0 Å². The molecule has 0 aliphatic rings. The van der Waals surface area contributed by atoms with Crippen molar-refractivity contribution in [2.45, 2.75) is 26.8 Å². The van der Waals surface area contributed by atoms with Gasteiger partial charge in [0.1, 0.15) is 0 Å². The number of carbonyl (C=O) groups is 1. The molecule has 0 aromatic carbocycles. The molecule has 5 heteroatoms. The number of aryl methyl sites for hydroxylation is 1. The minimum atomic E-state index is -0.214. The quantitative estimate of drug-likeness (QED) is 0.774. The Kier molecular flexibility index (Phi) is 3.34. The van der Waals surface area contributed by atoms with Gasteiger partial charge >= 0.3 is 0 Å². The Morgan fingerprint density at radius 2 is 2.13 bits per heavy atom. The molecule has 5 nitrogen and oxygen atoms in total. The van der Waals surface area contributed by atoms with Crippen LogP contribution in [0.2, 0.25) is 0 Å². The molecule has 0 saturated carbocycles. The number of rotatable bonds is 3. The lowest BCUT2D eigenvalue weighted by molar-refractivity contribution is 0.0925. The molecule has 1 aromatic heterocycles. The van der Waals surface area contributed by atoms with Crippen molar-refractivity contribution in [1.29, 1.82) is 0 Å². The molecule has 84 valence electrons. The molecule has 1 heterocycles. The summed E-state index contributed by atoms with van der Waals surface area (Å²) >= 11 is 0. The first-order chi connectivity index (χ1) is 6.91. The van der Waals surface area contributed by atoms with E-state index in [1.807, 2.05) is 20.8 Å². The summed E-state index contributed by atoms with van der Waals surface area (Å²) in [6.45, 7) is 6.06. The van der Waals surface area contributed by atoms with Gasteiger partial charge in [0.25, 0.3) is 5.91 Å². The van der Waals surface area contributed by atoms with E-state index in [2.05, 4.69) is 10.4 Å². The summed E-state index contributed by atoms with van der Waals surface area (Å²) in [6.07, 6.45) is 1.62. The molecule has 0 radical (unpaired) electrons. The van der Waals surface area contributed by atoms with Crippen LogP contribution in [0.3, 0.4) is 0 Å². The molecular formula is C10H18N4O. The lowest BCUT2D eigenvalue weighted by Gasteiger charge is -2.16. The second kappa shape index (κ2) is 4.33. The third-order valence-corrected chi connectivity index (χ3v) is 2.43. The Labute approximate surface area is 89.6 Å². The minimum Gasteiger partial charge on any atom is -0.396 e. The molecule has 0 fully saturated rings. The number of nitrogens with one attached hydrogen (secondary N) is 1. The SMILES string of the molecule is CC(C)C(C)NC(=O)c1nn(C)cc1N. The summed E-state index contributed by atoms with van der Waals surface area (Å²) in [7, 11) is 1.74. The Bertz CT molecular complexity index is 356. The maximum Gasteiger partial charge on any atom is 0.274 e. The monoisotopic (exact) mass is 210 g/mol. The van der Waals surface area contributed by atoms with E-state index in [1.165, 1.54) is 4.68 Å². The fraction of sp³-hybridized carbons (Fsp3) is 0.600. The number of amides is 1. The summed E-state index contributed by atoms with van der Waals surface area (Å²) in [4.78, 5) is 11.7. The van der Waals surface area contributed by atoms with Crippen LogP contribution in [-0.4, -0.2) is 21.7 Å². The lowest BCUT2D eigenvalue weighted by Crippen LogP contribution is -2.36. The molecule has 1 atom stereocenters.